The van der Waals surface area contributed by atoms with E-state index in [4.69, 9.17) is 10.00 Å². The van der Waals surface area contributed by atoms with Gasteiger partial charge in [0.2, 0.25) is 6.41 Å². The lowest BCUT2D eigenvalue weighted by atomic mass is 9.68. The van der Waals surface area contributed by atoms with Crippen molar-refractivity contribution in [1.82, 2.24) is 15.1 Å². The number of carbonyl (C=O) groups excluding carboxylic acids is 2. The molecule has 1 amide bonds. The van der Waals surface area contributed by atoms with Crippen LogP contribution in [0.1, 0.15) is 62.1 Å². The van der Waals surface area contributed by atoms with Gasteiger partial charge in [0.25, 0.3) is 5.69 Å². The molecule has 0 bridgehead atoms. The van der Waals surface area contributed by atoms with Gasteiger partial charge in [0.1, 0.15) is 6.61 Å². The number of likely N-dealkylation sites (tertiary alicyclic amines) is 1. The molecule has 3 aromatic rings. The molecular formula is C38H41N5O5. The Morgan fingerprint density at radius 2 is 1.62 bits per heavy atom. The SMILES string of the molecule is CC1=C(C(=O)OCCC#N)C(c2ccc([N+](=O)[O-])cc2)C(N(C=O)CCCN2CCC(c3ccccc3)(c3ccccc3)CC2)=C(C)N1. The molecule has 1 saturated heterocycles. The van der Waals surface area contributed by atoms with E-state index in [0.29, 0.717) is 41.2 Å². The van der Waals surface area contributed by atoms with Gasteiger partial charge in [-0.2, -0.15) is 5.26 Å². The Hall–Kier alpha value is -5.27. The Balaban J connectivity index is 1.33. The standard InChI is InChI=1S/C38H41N5O5/c1-28-34(37(45)48-26-9-21-39)35(30-15-17-33(18-16-30)43(46)47)36(29(2)40-28)42(27-44)23-10-22-41-24-19-38(20-25-41,31-11-5-3-6-12-31)32-13-7-4-8-14-32/h3-8,11-18,27,35,40H,9-10,19-20,22-26H2,1-2H3. The molecule has 2 aliphatic heterocycles. The molecule has 0 spiro atoms. The molecule has 0 radical (unpaired) electrons. The summed E-state index contributed by atoms with van der Waals surface area (Å²) in [4.78, 5) is 41.1. The van der Waals surface area contributed by atoms with Crippen LogP contribution in [-0.2, 0) is 19.7 Å². The van der Waals surface area contributed by atoms with E-state index in [2.05, 4.69) is 70.9 Å². The molecule has 0 saturated carbocycles. The number of rotatable bonds is 13. The number of allylic oxidation sites excluding steroid dienone is 3. The normalized spacial score (nSPS) is 17.6. The smallest absolute Gasteiger partial charge is 0.336 e. The first-order valence-corrected chi connectivity index (χ1v) is 16.3. The van der Waals surface area contributed by atoms with E-state index in [1.807, 2.05) is 13.0 Å². The highest BCUT2D eigenvalue weighted by Crippen LogP contribution is 2.42. The average molecular weight is 648 g/mol. The van der Waals surface area contributed by atoms with Crippen molar-refractivity contribution in [2.75, 3.05) is 32.8 Å². The number of non-ortho nitro benzene ring substituents is 1. The summed E-state index contributed by atoms with van der Waals surface area (Å²) in [6, 6.07) is 29.4. The highest BCUT2D eigenvalue weighted by Gasteiger charge is 2.39. The van der Waals surface area contributed by atoms with Crippen LogP contribution in [0, 0.1) is 21.4 Å². The number of nitro groups is 1. The number of nitrogens with zero attached hydrogens (tertiary/aromatic N) is 4. The molecule has 3 aromatic carbocycles. The van der Waals surface area contributed by atoms with Gasteiger partial charge >= 0.3 is 5.97 Å². The van der Waals surface area contributed by atoms with Crippen LogP contribution in [0.25, 0.3) is 0 Å². The zero-order valence-corrected chi connectivity index (χ0v) is 27.4. The maximum Gasteiger partial charge on any atom is 0.336 e. The molecule has 0 aromatic heterocycles. The predicted molar refractivity (Wildman–Crippen MR) is 182 cm³/mol. The molecule has 2 aliphatic rings. The van der Waals surface area contributed by atoms with E-state index >= 15 is 0 Å². The molecule has 5 rings (SSSR count). The number of hydrogen-bond donors (Lipinski definition) is 1. The van der Waals surface area contributed by atoms with Crippen molar-refractivity contribution in [3.05, 3.63) is 134 Å². The van der Waals surface area contributed by atoms with Crippen LogP contribution >= 0.6 is 0 Å². The van der Waals surface area contributed by atoms with Crippen molar-refractivity contribution in [1.29, 1.82) is 5.26 Å². The van der Waals surface area contributed by atoms with Gasteiger partial charge in [0.15, 0.2) is 0 Å². The second-order valence-corrected chi connectivity index (χ2v) is 12.3. The largest absolute Gasteiger partial charge is 0.461 e. The zero-order chi connectivity index (χ0) is 34.1. The molecule has 1 atom stereocenters. The van der Waals surface area contributed by atoms with Gasteiger partial charge in [-0.25, -0.2) is 4.79 Å². The molecule has 10 heteroatoms. The monoisotopic (exact) mass is 647 g/mol. The van der Waals surface area contributed by atoms with Gasteiger partial charge in [-0.1, -0.05) is 72.8 Å². The third kappa shape index (κ3) is 7.32. The molecule has 1 fully saturated rings. The Kier molecular flexibility index (Phi) is 11.0. The number of amides is 1. The fourth-order valence-electron chi connectivity index (χ4n) is 7.13. The highest BCUT2D eigenvalue weighted by atomic mass is 16.6. The van der Waals surface area contributed by atoms with Gasteiger partial charge in [-0.3, -0.25) is 14.9 Å². The number of piperidine rings is 1. The number of nitriles is 1. The summed E-state index contributed by atoms with van der Waals surface area (Å²) < 4.78 is 5.44. The van der Waals surface area contributed by atoms with Gasteiger partial charge in [0, 0.05) is 35.5 Å². The van der Waals surface area contributed by atoms with Crippen LogP contribution in [-0.4, -0.2) is 59.9 Å². The molecule has 248 valence electrons. The summed E-state index contributed by atoms with van der Waals surface area (Å²) >= 11 is 0. The highest BCUT2D eigenvalue weighted by molar-refractivity contribution is 5.92. The van der Waals surface area contributed by atoms with E-state index in [-0.39, 0.29) is 24.1 Å². The minimum atomic E-state index is -0.709. The van der Waals surface area contributed by atoms with Gasteiger partial charge in [-0.05, 0) is 69.4 Å². The van der Waals surface area contributed by atoms with Crippen molar-refractivity contribution in [2.45, 2.75) is 50.9 Å². The maximum atomic E-state index is 13.4. The van der Waals surface area contributed by atoms with E-state index in [0.717, 1.165) is 38.9 Å². The number of nitro benzene ring substituents is 1. The summed E-state index contributed by atoms with van der Waals surface area (Å²) in [7, 11) is 0. The fourth-order valence-corrected chi connectivity index (χ4v) is 7.13. The molecule has 1 unspecified atom stereocenters. The zero-order valence-electron chi connectivity index (χ0n) is 27.4. The maximum absolute atomic E-state index is 13.4. The number of esters is 1. The van der Waals surface area contributed by atoms with Crippen LogP contribution in [0.3, 0.4) is 0 Å². The van der Waals surface area contributed by atoms with Gasteiger partial charge in [-0.15, -0.1) is 0 Å². The van der Waals surface area contributed by atoms with Crippen LogP contribution in [0.4, 0.5) is 5.69 Å². The van der Waals surface area contributed by atoms with E-state index in [1.54, 1.807) is 24.0 Å². The van der Waals surface area contributed by atoms with Gasteiger partial charge < -0.3 is 19.9 Å². The number of carbonyl (C=O) groups is 2. The second kappa shape index (κ2) is 15.5. The Morgan fingerprint density at radius 1 is 1.02 bits per heavy atom. The number of dihydropyridines is 1. The average Bonchev–Trinajstić information content (AvgIpc) is 3.11. The van der Waals surface area contributed by atoms with E-state index in [9.17, 15) is 19.7 Å². The molecule has 2 heterocycles. The Morgan fingerprint density at radius 3 is 2.17 bits per heavy atom. The summed E-state index contributed by atoms with van der Waals surface area (Å²) in [5, 5.41) is 23.6. The topological polar surface area (TPSA) is 129 Å². The van der Waals surface area contributed by atoms with Gasteiger partial charge in [0.05, 0.1) is 34.6 Å². The fraction of sp³-hybridized carbons (Fsp3) is 0.342. The quantitative estimate of drug-likeness (QED) is 0.0767. The number of benzene rings is 3. The molecule has 1 N–H and O–H groups in total. The minimum absolute atomic E-state index is 0.0458. The number of ether oxygens (including phenoxy) is 1. The Bertz CT molecular complexity index is 1660. The van der Waals surface area contributed by atoms with Crippen LogP contribution in [0.2, 0.25) is 0 Å². The Labute approximate surface area is 281 Å². The number of hydrogen-bond acceptors (Lipinski definition) is 8. The summed E-state index contributed by atoms with van der Waals surface area (Å²) in [6.07, 6.45) is 3.50. The summed E-state index contributed by atoms with van der Waals surface area (Å²) in [5.41, 5.74) is 5.28. The third-order valence-electron chi connectivity index (χ3n) is 9.50. The summed E-state index contributed by atoms with van der Waals surface area (Å²) in [5.74, 6) is -1.32. The first kappa shape index (κ1) is 34.1. The molecule has 48 heavy (non-hydrogen) atoms. The van der Waals surface area contributed by atoms with Crippen LogP contribution in [0.15, 0.2) is 108 Å². The van der Waals surface area contributed by atoms with Crippen LogP contribution < -0.4 is 5.32 Å². The van der Waals surface area contributed by atoms with Crippen molar-refractivity contribution < 1.29 is 19.2 Å². The van der Waals surface area contributed by atoms with E-state index < -0.39 is 16.8 Å². The van der Waals surface area contributed by atoms with Crippen molar-refractivity contribution in [3.63, 3.8) is 0 Å². The lowest BCUT2D eigenvalue weighted by Gasteiger charge is -2.43. The first-order chi connectivity index (χ1) is 23.3. The predicted octanol–water partition coefficient (Wildman–Crippen LogP) is 6.17. The molecule has 10 nitrogen and oxygen atoms in total. The third-order valence-corrected chi connectivity index (χ3v) is 9.50. The minimum Gasteiger partial charge on any atom is -0.461 e. The molecular weight excluding hydrogens is 606 g/mol. The van der Waals surface area contributed by atoms with Crippen molar-refractivity contribution >= 4 is 18.1 Å². The lowest BCUT2D eigenvalue weighted by molar-refractivity contribution is -0.384. The first-order valence-electron chi connectivity index (χ1n) is 16.3. The van der Waals surface area contributed by atoms with Crippen molar-refractivity contribution in [2.24, 2.45) is 0 Å². The van der Waals surface area contributed by atoms with Crippen molar-refractivity contribution in [3.8, 4) is 6.07 Å². The van der Waals surface area contributed by atoms with Crippen LogP contribution in [0.5, 0.6) is 0 Å². The second-order valence-electron chi connectivity index (χ2n) is 12.3. The number of nitrogens with one attached hydrogen (secondary N) is 1. The summed E-state index contributed by atoms with van der Waals surface area (Å²) in [6.45, 7) is 6.58. The molecule has 0 aliphatic carbocycles. The lowest BCUT2D eigenvalue weighted by Crippen LogP contribution is -2.44. The van der Waals surface area contributed by atoms with E-state index in [1.165, 1.54) is 23.3 Å².